The lowest BCUT2D eigenvalue weighted by Gasteiger charge is -2.34. The van der Waals surface area contributed by atoms with Crippen molar-refractivity contribution in [1.82, 2.24) is 10.6 Å². The highest BCUT2D eigenvalue weighted by atomic mass is 35.5. The molecule has 0 spiro atoms. The monoisotopic (exact) mass is 316 g/mol. The molecule has 1 aliphatic rings. The number of carbonyl (C=O) groups is 1. The second-order valence-corrected chi connectivity index (χ2v) is 5.58. The van der Waals surface area contributed by atoms with Crippen molar-refractivity contribution >= 4 is 18.3 Å². The highest BCUT2D eigenvalue weighted by Gasteiger charge is 2.26. The lowest BCUT2D eigenvalue weighted by atomic mass is 9.81. The Morgan fingerprint density at radius 1 is 1.33 bits per heavy atom. The SMILES string of the molecule is CC1(CNC(=O)COc2ccc(F)cc2)CCNCC1.Cl. The first-order valence-corrected chi connectivity index (χ1v) is 6.93. The van der Waals surface area contributed by atoms with E-state index in [1.54, 1.807) is 0 Å². The lowest BCUT2D eigenvalue weighted by Crippen LogP contribution is -2.43. The summed E-state index contributed by atoms with van der Waals surface area (Å²) in [4.78, 5) is 11.7. The number of piperidine rings is 1. The summed E-state index contributed by atoms with van der Waals surface area (Å²) in [6.45, 7) is 4.81. The molecule has 0 bridgehead atoms. The Labute approximate surface area is 130 Å². The van der Waals surface area contributed by atoms with Gasteiger partial charge in [0, 0.05) is 6.54 Å². The largest absolute Gasteiger partial charge is 0.484 e. The van der Waals surface area contributed by atoms with Crippen LogP contribution in [0.1, 0.15) is 19.8 Å². The molecular formula is C15H22ClFN2O2. The van der Waals surface area contributed by atoms with Crippen LogP contribution in [-0.2, 0) is 4.79 Å². The van der Waals surface area contributed by atoms with Gasteiger partial charge in [0.2, 0.25) is 0 Å². The molecular weight excluding hydrogens is 295 g/mol. The van der Waals surface area contributed by atoms with Gasteiger partial charge in [-0.1, -0.05) is 6.92 Å². The van der Waals surface area contributed by atoms with E-state index in [9.17, 15) is 9.18 Å². The maximum atomic E-state index is 12.7. The van der Waals surface area contributed by atoms with E-state index in [0.29, 0.717) is 12.3 Å². The topological polar surface area (TPSA) is 50.4 Å². The van der Waals surface area contributed by atoms with E-state index >= 15 is 0 Å². The highest BCUT2D eigenvalue weighted by molar-refractivity contribution is 5.85. The molecule has 1 amide bonds. The molecule has 0 unspecified atom stereocenters. The first-order chi connectivity index (χ1) is 9.57. The lowest BCUT2D eigenvalue weighted by molar-refractivity contribution is -0.123. The first-order valence-electron chi connectivity index (χ1n) is 6.93. The van der Waals surface area contributed by atoms with E-state index < -0.39 is 0 Å². The maximum absolute atomic E-state index is 12.7. The van der Waals surface area contributed by atoms with Crippen molar-refractivity contribution in [3.63, 3.8) is 0 Å². The summed E-state index contributed by atoms with van der Waals surface area (Å²) in [7, 11) is 0. The summed E-state index contributed by atoms with van der Waals surface area (Å²) in [5.41, 5.74) is 0.163. The van der Waals surface area contributed by atoms with Gasteiger partial charge in [-0.15, -0.1) is 12.4 Å². The Hall–Kier alpha value is -1.33. The van der Waals surface area contributed by atoms with Crippen molar-refractivity contribution < 1.29 is 13.9 Å². The molecule has 1 fully saturated rings. The average molecular weight is 317 g/mol. The molecule has 118 valence electrons. The second-order valence-electron chi connectivity index (χ2n) is 5.58. The van der Waals surface area contributed by atoms with E-state index in [0.717, 1.165) is 25.9 Å². The number of hydrogen-bond donors (Lipinski definition) is 2. The number of nitrogens with one attached hydrogen (secondary N) is 2. The average Bonchev–Trinajstić information content (AvgIpc) is 2.45. The van der Waals surface area contributed by atoms with Crippen LogP contribution in [0.4, 0.5) is 4.39 Å². The van der Waals surface area contributed by atoms with Gasteiger partial charge in [0.05, 0.1) is 0 Å². The van der Waals surface area contributed by atoms with Crippen LogP contribution >= 0.6 is 12.4 Å². The fraction of sp³-hybridized carbons (Fsp3) is 0.533. The molecule has 0 aromatic heterocycles. The normalized spacial score (nSPS) is 16.7. The standard InChI is InChI=1S/C15H21FN2O2.ClH/c1-15(6-8-17-9-7-15)11-18-14(19)10-20-13-4-2-12(16)3-5-13;/h2-5,17H,6-11H2,1H3,(H,18,19);1H. The summed E-state index contributed by atoms with van der Waals surface area (Å²) < 4.78 is 18.0. The minimum Gasteiger partial charge on any atom is -0.484 e. The second kappa shape index (κ2) is 8.20. The molecule has 0 aliphatic carbocycles. The predicted octanol–water partition coefficient (Wildman–Crippen LogP) is 2.13. The van der Waals surface area contributed by atoms with E-state index in [-0.39, 0.29) is 36.2 Å². The molecule has 1 aromatic rings. The third kappa shape index (κ3) is 5.89. The van der Waals surface area contributed by atoms with Crippen molar-refractivity contribution in [3.8, 4) is 5.75 Å². The van der Waals surface area contributed by atoms with Crippen LogP contribution < -0.4 is 15.4 Å². The van der Waals surface area contributed by atoms with Gasteiger partial charge in [-0.25, -0.2) is 4.39 Å². The van der Waals surface area contributed by atoms with Gasteiger partial charge in [-0.3, -0.25) is 4.79 Å². The molecule has 21 heavy (non-hydrogen) atoms. The molecule has 4 nitrogen and oxygen atoms in total. The van der Waals surface area contributed by atoms with Crippen LogP contribution in [0.5, 0.6) is 5.75 Å². The Morgan fingerprint density at radius 3 is 2.57 bits per heavy atom. The molecule has 6 heteroatoms. The van der Waals surface area contributed by atoms with Gasteiger partial charge in [0.25, 0.3) is 5.91 Å². The molecule has 0 saturated carbocycles. The quantitative estimate of drug-likeness (QED) is 0.875. The minimum absolute atomic E-state index is 0. The fourth-order valence-corrected chi connectivity index (χ4v) is 2.25. The number of benzene rings is 1. The van der Waals surface area contributed by atoms with Crippen molar-refractivity contribution in [3.05, 3.63) is 30.1 Å². The Balaban J connectivity index is 0.00000220. The molecule has 2 rings (SSSR count). The number of hydrogen-bond acceptors (Lipinski definition) is 3. The zero-order valence-electron chi connectivity index (χ0n) is 12.2. The number of carbonyl (C=O) groups excluding carboxylic acids is 1. The molecule has 1 heterocycles. The Kier molecular flexibility index (Phi) is 6.92. The third-order valence-electron chi connectivity index (χ3n) is 3.71. The van der Waals surface area contributed by atoms with Crippen LogP contribution in [0.3, 0.4) is 0 Å². The van der Waals surface area contributed by atoms with E-state index in [4.69, 9.17) is 4.74 Å². The van der Waals surface area contributed by atoms with E-state index in [1.165, 1.54) is 24.3 Å². The summed E-state index contributed by atoms with van der Waals surface area (Å²) in [5, 5.41) is 6.22. The van der Waals surface area contributed by atoms with Gasteiger partial charge in [0.15, 0.2) is 6.61 Å². The van der Waals surface area contributed by atoms with Gasteiger partial charge in [-0.05, 0) is 55.6 Å². The van der Waals surface area contributed by atoms with Crippen LogP contribution in [0.2, 0.25) is 0 Å². The molecule has 1 saturated heterocycles. The van der Waals surface area contributed by atoms with Crippen LogP contribution in [-0.4, -0.2) is 32.1 Å². The molecule has 0 atom stereocenters. The Morgan fingerprint density at radius 2 is 1.95 bits per heavy atom. The van der Waals surface area contributed by atoms with E-state index in [1.807, 2.05) is 0 Å². The Bertz CT molecular complexity index is 447. The zero-order chi connectivity index (χ0) is 14.4. The van der Waals surface area contributed by atoms with Gasteiger partial charge >= 0.3 is 0 Å². The predicted molar refractivity (Wildman–Crippen MR) is 82.4 cm³/mol. The molecule has 1 aromatic carbocycles. The van der Waals surface area contributed by atoms with Crippen molar-refractivity contribution in [1.29, 1.82) is 0 Å². The van der Waals surface area contributed by atoms with Crippen LogP contribution in [0.25, 0.3) is 0 Å². The smallest absolute Gasteiger partial charge is 0.257 e. The van der Waals surface area contributed by atoms with Crippen molar-refractivity contribution in [2.75, 3.05) is 26.2 Å². The fourth-order valence-electron chi connectivity index (χ4n) is 2.25. The first kappa shape index (κ1) is 17.7. The maximum Gasteiger partial charge on any atom is 0.257 e. The molecule has 0 radical (unpaired) electrons. The number of amides is 1. The number of rotatable bonds is 5. The van der Waals surface area contributed by atoms with Gasteiger partial charge < -0.3 is 15.4 Å². The highest BCUT2D eigenvalue weighted by Crippen LogP contribution is 2.26. The summed E-state index contributed by atoms with van der Waals surface area (Å²) >= 11 is 0. The summed E-state index contributed by atoms with van der Waals surface area (Å²) in [5.74, 6) is 0.0318. The van der Waals surface area contributed by atoms with Crippen LogP contribution in [0, 0.1) is 11.2 Å². The van der Waals surface area contributed by atoms with E-state index in [2.05, 4.69) is 17.6 Å². The van der Waals surface area contributed by atoms with Gasteiger partial charge in [0.1, 0.15) is 11.6 Å². The number of halogens is 2. The number of ether oxygens (including phenoxy) is 1. The van der Waals surface area contributed by atoms with Crippen LogP contribution in [0.15, 0.2) is 24.3 Å². The zero-order valence-corrected chi connectivity index (χ0v) is 13.0. The van der Waals surface area contributed by atoms with Gasteiger partial charge in [-0.2, -0.15) is 0 Å². The third-order valence-corrected chi connectivity index (χ3v) is 3.71. The van der Waals surface area contributed by atoms with Crippen molar-refractivity contribution in [2.24, 2.45) is 5.41 Å². The molecule has 1 aliphatic heterocycles. The van der Waals surface area contributed by atoms with Crippen molar-refractivity contribution in [2.45, 2.75) is 19.8 Å². The summed E-state index contributed by atoms with van der Waals surface area (Å²) in [6, 6.07) is 5.64. The summed E-state index contributed by atoms with van der Waals surface area (Å²) in [6.07, 6.45) is 2.12. The minimum atomic E-state index is -0.319. The molecule has 2 N–H and O–H groups in total.